The standard InChI is InChI=1S/C16H17NO3/c18-13-7-17(8-13)16(19)6-12-9-20-15-5-11-3-1-2-10(11)4-14(12)15/h4-5,9,13,18H,1-3,6-8H2. The average molecular weight is 271 g/mol. The number of amides is 1. The Morgan fingerprint density at radius 3 is 2.80 bits per heavy atom. The summed E-state index contributed by atoms with van der Waals surface area (Å²) in [7, 11) is 0. The molecule has 2 heterocycles. The summed E-state index contributed by atoms with van der Waals surface area (Å²) in [6.45, 7) is 0.925. The molecule has 1 N–H and O–H groups in total. The van der Waals surface area contributed by atoms with Gasteiger partial charge < -0.3 is 14.4 Å². The molecule has 104 valence electrons. The third-order valence-corrected chi connectivity index (χ3v) is 4.42. The summed E-state index contributed by atoms with van der Waals surface area (Å²) in [5.41, 5.74) is 4.63. The number of likely N-dealkylation sites (tertiary alicyclic amines) is 1. The number of furan rings is 1. The number of carbonyl (C=O) groups excluding carboxylic acids is 1. The number of fused-ring (bicyclic) bond motifs is 2. The molecule has 1 saturated heterocycles. The van der Waals surface area contributed by atoms with Gasteiger partial charge in [0.2, 0.25) is 5.91 Å². The Bertz CT molecular complexity index is 682. The highest BCUT2D eigenvalue weighted by Crippen LogP contribution is 2.30. The fourth-order valence-corrected chi connectivity index (χ4v) is 3.22. The number of nitrogens with zero attached hydrogens (tertiary/aromatic N) is 1. The lowest BCUT2D eigenvalue weighted by molar-refractivity contribution is -0.140. The molecule has 0 spiro atoms. The van der Waals surface area contributed by atoms with Crippen LogP contribution < -0.4 is 0 Å². The first kappa shape index (κ1) is 12.0. The van der Waals surface area contributed by atoms with Crippen LogP contribution in [0.1, 0.15) is 23.1 Å². The molecule has 1 fully saturated rings. The molecule has 4 nitrogen and oxygen atoms in total. The summed E-state index contributed by atoms with van der Waals surface area (Å²) in [5, 5.41) is 10.3. The Labute approximate surface area is 117 Å². The van der Waals surface area contributed by atoms with Crippen molar-refractivity contribution in [1.82, 2.24) is 4.90 Å². The largest absolute Gasteiger partial charge is 0.464 e. The van der Waals surface area contributed by atoms with E-state index in [1.54, 1.807) is 11.2 Å². The van der Waals surface area contributed by atoms with E-state index in [1.165, 1.54) is 17.5 Å². The first-order valence-electron chi connectivity index (χ1n) is 7.18. The molecule has 0 unspecified atom stereocenters. The van der Waals surface area contributed by atoms with Crippen LogP contribution in [0.2, 0.25) is 0 Å². The quantitative estimate of drug-likeness (QED) is 0.904. The zero-order valence-corrected chi connectivity index (χ0v) is 11.3. The number of hydrogen-bond acceptors (Lipinski definition) is 3. The van der Waals surface area contributed by atoms with Crippen molar-refractivity contribution >= 4 is 16.9 Å². The average Bonchev–Trinajstić information content (AvgIpc) is 2.99. The van der Waals surface area contributed by atoms with Gasteiger partial charge >= 0.3 is 0 Å². The molecule has 20 heavy (non-hydrogen) atoms. The molecule has 1 amide bonds. The highest BCUT2D eigenvalue weighted by molar-refractivity contribution is 5.89. The number of carbonyl (C=O) groups is 1. The van der Waals surface area contributed by atoms with E-state index in [0.29, 0.717) is 19.5 Å². The first-order valence-corrected chi connectivity index (χ1v) is 7.18. The lowest BCUT2D eigenvalue weighted by Crippen LogP contribution is -2.53. The van der Waals surface area contributed by atoms with Crippen LogP contribution in [0.15, 0.2) is 22.8 Å². The van der Waals surface area contributed by atoms with Crippen molar-refractivity contribution in [2.75, 3.05) is 13.1 Å². The zero-order chi connectivity index (χ0) is 13.7. The normalized spacial score (nSPS) is 18.4. The number of rotatable bonds is 2. The minimum atomic E-state index is -0.344. The predicted octanol–water partition coefficient (Wildman–Crippen LogP) is 1.67. The second kappa shape index (κ2) is 4.35. The van der Waals surface area contributed by atoms with Gasteiger partial charge in [0.05, 0.1) is 18.8 Å². The number of aliphatic hydroxyl groups is 1. The highest BCUT2D eigenvalue weighted by atomic mass is 16.3. The third-order valence-electron chi connectivity index (χ3n) is 4.42. The summed E-state index contributed by atoms with van der Waals surface area (Å²) in [6.07, 6.45) is 5.19. The predicted molar refractivity (Wildman–Crippen MR) is 74.5 cm³/mol. The van der Waals surface area contributed by atoms with Crippen molar-refractivity contribution in [3.63, 3.8) is 0 Å². The summed E-state index contributed by atoms with van der Waals surface area (Å²) in [6, 6.07) is 4.31. The lowest BCUT2D eigenvalue weighted by Gasteiger charge is -2.35. The summed E-state index contributed by atoms with van der Waals surface area (Å²) < 4.78 is 5.61. The maximum absolute atomic E-state index is 12.1. The molecule has 2 aliphatic rings. The van der Waals surface area contributed by atoms with E-state index in [-0.39, 0.29) is 12.0 Å². The van der Waals surface area contributed by atoms with Gasteiger partial charge in [-0.3, -0.25) is 4.79 Å². The molecule has 1 aliphatic heterocycles. The van der Waals surface area contributed by atoms with Gasteiger partial charge in [-0.25, -0.2) is 0 Å². The third kappa shape index (κ3) is 1.83. The molecule has 0 atom stereocenters. The zero-order valence-electron chi connectivity index (χ0n) is 11.3. The maximum atomic E-state index is 12.1. The SMILES string of the molecule is O=C(Cc1coc2cc3c(cc12)CCC3)N1CC(O)C1. The van der Waals surface area contributed by atoms with Gasteiger partial charge in [-0.2, -0.15) is 0 Å². The summed E-state index contributed by atoms with van der Waals surface area (Å²) in [5.74, 6) is 0.0681. The molecular formula is C16H17NO3. The first-order chi connectivity index (χ1) is 9.70. The molecule has 2 aromatic rings. The van der Waals surface area contributed by atoms with E-state index in [4.69, 9.17) is 4.42 Å². The van der Waals surface area contributed by atoms with Gasteiger partial charge in [-0.1, -0.05) is 0 Å². The minimum Gasteiger partial charge on any atom is -0.464 e. The topological polar surface area (TPSA) is 53.7 Å². The summed E-state index contributed by atoms with van der Waals surface area (Å²) in [4.78, 5) is 13.8. The van der Waals surface area contributed by atoms with Crippen LogP contribution in [-0.2, 0) is 24.1 Å². The van der Waals surface area contributed by atoms with Gasteiger partial charge in [0.25, 0.3) is 0 Å². The fraction of sp³-hybridized carbons (Fsp3) is 0.438. The Kier molecular flexibility index (Phi) is 2.60. The fourth-order valence-electron chi connectivity index (χ4n) is 3.22. The Morgan fingerprint density at radius 2 is 2.05 bits per heavy atom. The van der Waals surface area contributed by atoms with Gasteiger partial charge in [0.15, 0.2) is 0 Å². The smallest absolute Gasteiger partial charge is 0.227 e. The molecule has 1 aromatic heterocycles. The van der Waals surface area contributed by atoms with Crippen molar-refractivity contribution in [2.24, 2.45) is 0 Å². The number of β-amino-alcohol motifs (C(OH)–C–C–N with tert-alkyl or cyclic N) is 1. The molecule has 4 heteroatoms. The lowest BCUT2D eigenvalue weighted by atomic mass is 10.0. The Balaban J connectivity index is 1.62. The van der Waals surface area contributed by atoms with Crippen molar-refractivity contribution in [2.45, 2.75) is 31.8 Å². The second-order valence-corrected chi connectivity index (χ2v) is 5.86. The van der Waals surface area contributed by atoms with Gasteiger partial charge in [0, 0.05) is 24.0 Å². The molecular weight excluding hydrogens is 254 g/mol. The second-order valence-electron chi connectivity index (χ2n) is 5.86. The number of benzene rings is 1. The van der Waals surface area contributed by atoms with Gasteiger partial charge in [-0.15, -0.1) is 0 Å². The molecule has 1 aromatic carbocycles. The van der Waals surface area contributed by atoms with Crippen LogP contribution in [0.5, 0.6) is 0 Å². The minimum absolute atomic E-state index is 0.0681. The number of hydrogen-bond donors (Lipinski definition) is 1. The number of aryl methyl sites for hydroxylation is 2. The van der Waals surface area contributed by atoms with E-state index < -0.39 is 0 Å². The molecule has 0 saturated carbocycles. The Hall–Kier alpha value is -1.81. The van der Waals surface area contributed by atoms with Crippen LogP contribution in [0.3, 0.4) is 0 Å². The van der Waals surface area contributed by atoms with Gasteiger partial charge in [-0.05, 0) is 42.5 Å². The maximum Gasteiger partial charge on any atom is 0.227 e. The van der Waals surface area contributed by atoms with Crippen LogP contribution >= 0.6 is 0 Å². The van der Waals surface area contributed by atoms with Crippen LogP contribution in [0, 0.1) is 0 Å². The molecule has 0 radical (unpaired) electrons. The molecule has 0 bridgehead atoms. The summed E-state index contributed by atoms with van der Waals surface area (Å²) >= 11 is 0. The van der Waals surface area contributed by atoms with Crippen molar-refractivity contribution < 1.29 is 14.3 Å². The van der Waals surface area contributed by atoms with Crippen molar-refractivity contribution in [3.05, 3.63) is 35.1 Å². The van der Waals surface area contributed by atoms with E-state index in [0.717, 1.165) is 29.4 Å². The van der Waals surface area contributed by atoms with Crippen LogP contribution in [-0.4, -0.2) is 35.1 Å². The van der Waals surface area contributed by atoms with Crippen molar-refractivity contribution in [3.8, 4) is 0 Å². The Morgan fingerprint density at radius 1 is 1.30 bits per heavy atom. The highest BCUT2D eigenvalue weighted by Gasteiger charge is 2.29. The molecule has 4 rings (SSSR count). The van der Waals surface area contributed by atoms with E-state index in [1.807, 2.05) is 0 Å². The van der Waals surface area contributed by atoms with E-state index >= 15 is 0 Å². The number of aliphatic hydroxyl groups excluding tert-OH is 1. The van der Waals surface area contributed by atoms with Crippen LogP contribution in [0.25, 0.3) is 11.0 Å². The monoisotopic (exact) mass is 271 g/mol. The van der Waals surface area contributed by atoms with E-state index in [2.05, 4.69) is 12.1 Å². The van der Waals surface area contributed by atoms with Crippen LogP contribution in [0.4, 0.5) is 0 Å². The van der Waals surface area contributed by atoms with E-state index in [9.17, 15) is 9.90 Å². The molecule has 1 aliphatic carbocycles. The van der Waals surface area contributed by atoms with Gasteiger partial charge in [0.1, 0.15) is 5.58 Å². The van der Waals surface area contributed by atoms with Crippen molar-refractivity contribution in [1.29, 1.82) is 0 Å².